The molecule has 140 valence electrons. The van der Waals surface area contributed by atoms with Gasteiger partial charge in [-0.2, -0.15) is 0 Å². The van der Waals surface area contributed by atoms with Gasteiger partial charge in [0, 0.05) is 18.7 Å². The van der Waals surface area contributed by atoms with Crippen molar-refractivity contribution in [2.45, 2.75) is 39.7 Å². The van der Waals surface area contributed by atoms with Gasteiger partial charge in [0.2, 0.25) is 5.89 Å². The van der Waals surface area contributed by atoms with E-state index in [1.165, 1.54) is 18.4 Å². The van der Waals surface area contributed by atoms with Crippen LogP contribution in [0, 0.1) is 19.8 Å². The van der Waals surface area contributed by atoms with Gasteiger partial charge in [0.1, 0.15) is 5.76 Å². The monoisotopic (exact) mass is 385 g/mol. The molecule has 25 heavy (non-hydrogen) atoms. The summed E-state index contributed by atoms with van der Waals surface area (Å²) in [5.74, 6) is 2.41. The van der Waals surface area contributed by atoms with Gasteiger partial charge >= 0.3 is 0 Å². The molecule has 0 saturated carbocycles. The zero-order valence-corrected chi connectivity index (χ0v) is 16.7. The number of aromatic nitrogens is 1. The summed E-state index contributed by atoms with van der Waals surface area (Å²) in [4.78, 5) is 7.27. The summed E-state index contributed by atoms with van der Waals surface area (Å²) < 4.78 is 5.94. The Bertz CT molecular complexity index is 658. The molecule has 6 heteroatoms. The number of nitrogens with two attached hydrogens (primary N) is 1. The number of aryl methyl sites for hydroxylation is 2. The molecule has 1 unspecified atom stereocenters. The molecule has 0 spiro atoms. The van der Waals surface area contributed by atoms with Gasteiger partial charge in [0.05, 0.1) is 5.69 Å². The second-order valence-electron chi connectivity index (χ2n) is 6.66. The summed E-state index contributed by atoms with van der Waals surface area (Å²) in [6, 6.07) is 8.24. The van der Waals surface area contributed by atoms with Crippen LogP contribution in [0.5, 0.6) is 0 Å². The van der Waals surface area contributed by atoms with Crippen molar-refractivity contribution in [1.29, 1.82) is 0 Å². The molecule has 1 atom stereocenters. The van der Waals surface area contributed by atoms with Crippen LogP contribution in [0.15, 0.2) is 28.7 Å². The van der Waals surface area contributed by atoms with Crippen LogP contribution in [-0.2, 0) is 6.54 Å². The fourth-order valence-corrected chi connectivity index (χ4v) is 3.48. The summed E-state index contributed by atoms with van der Waals surface area (Å²) >= 11 is 0. The van der Waals surface area contributed by atoms with Gasteiger partial charge in [0.15, 0.2) is 0 Å². The van der Waals surface area contributed by atoms with E-state index in [-0.39, 0.29) is 24.8 Å². The Labute approximate surface area is 163 Å². The van der Waals surface area contributed by atoms with Crippen molar-refractivity contribution in [3.8, 4) is 11.5 Å². The van der Waals surface area contributed by atoms with Crippen LogP contribution in [0.25, 0.3) is 11.5 Å². The van der Waals surface area contributed by atoms with Crippen LogP contribution in [0.1, 0.15) is 36.3 Å². The molecule has 0 aliphatic carbocycles. The van der Waals surface area contributed by atoms with Crippen molar-refractivity contribution in [1.82, 2.24) is 9.88 Å². The molecule has 2 aromatic rings. The molecular formula is C19H29Cl2N3O. The topological polar surface area (TPSA) is 55.3 Å². The molecule has 2 N–H and O–H groups in total. The molecular weight excluding hydrogens is 357 g/mol. The highest BCUT2D eigenvalue weighted by Gasteiger charge is 2.22. The van der Waals surface area contributed by atoms with Crippen molar-refractivity contribution in [3.05, 3.63) is 41.3 Å². The summed E-state index contributed by atoms with van der Waals surface area (Å²) in [7, 11) is 0. The highest BCUT2D eigenvalue weighted by Crippen LogP contribution is 2.26. The van der Waals surface area contributed by atoms with E-state index in [0.717, 1.165) is 61.4 Å². The molecule has 4 nitrogen and oxygen atoms in total. The Hall–Kier alpha value is -1.07. The normalized spacial score (nSPS) is 17.6. The maximum absolute atomic E-state index is 5.94. The number of piperidine rings is 1. The summed E-state index contributed by atoms with van der Waals surface area (Å²) in [5.41, 5.74) is 9.06. The second-order valence-corrected chi connectivity index (χ2v) is 6.66. The number of oxazole rings is 1. The number of hydrogen-bond acceptors (Lipinski definition) is 4. The fraction of sp³-hybridized carbons (Fsp3) is 0.526. The van der Waals surface area contributed by atoms with E-state index >= 15 is 0 Å². The quantitative estimate of drug-likeness (QED) is 0.830. The zero-order chi connectivity index (χ0) is 16.2. The molecule has 1 aliphatic heterocycles. The minimum Gasteiger partial charge on any atom is -0.441 e. The largest absolute Gasteiger partial charge is 0.441 e. The third-order valence-electron chi connectivity index (χ3n) is 4.82. The molecule has 1 fully saturated rings. The number of nitrogens with zero attached hydrogens (tertiary/aromatic N) is 2. The van der Waals surface area contributed by atoms with Crippen LogP contribution in [-0.4, -0.2) is 29.5 Å². The lowest BCUT2D eigenvalue weighted by molar-refractivity contribution is 0.161. The smallest absolute Gasteiger partial charge is 0.226 e. The Kier molecular flexibility index (Phi) is 8.94. The van der Waals surface area contributed by atoms with E-state index in [1.54, 1.807) is 0 Å². The lowest BCUT2D eigenvalue weighted by Gasteiger charge is -2.32. The molecule has 1 aliphatic rings. The maximum Gasteiger partial charge on any atom is 0.226 e. The van der Waals surface area contributed by atoms with Crippen molar-refractivity contribution in [2.24, 2.45) is 11.7 Å². The number of benzene rings is 1. The van der Waals surface area contributed by atoms with Crippen LogP contribution >= 0.6 is 24.8 Å². The zero-order valence-electron chi connectivity index (χ0n) is 15.0. The number of rotatable bonds is 5. The van der Waals surface area contributed by atoms with E-state index < -0.39 is 0 Å². The Morgan fingerprint density at radius 2 is 2.00 bits per heavy atom. The minimum absolute atomic E-state index is 0. The van der Waals surface area contributed by atoms with E-state index in [0.29, 0.717) is 0 Å². The summed E-state index contributed by atoms with van der Waals surface area (Å²) in [6.07, 6.45) is 3.69. The number of halogens is 2. The highest BCUT2D eigenvalue weighted by atomic mass is 35.5. The van der Waals surface area contributed by atoms with Crippen molar-refractivity contribution >= 4 is 24.8 Å². The van der Waals surface area contributed by atoms with Gasteiger partial charge in [-0.3, -0.25) is 4.90 Å². The highest BCUT2D eigenvalue weighted by molar-refractivity contribution is 5.85. The molecule has 0 amide bonds. The van der Waals surface area contributed by atoms with E-state index in [1.807, 2.05) is 19.1 Å². The average Bonchev–Trinajstić information content (AvgIpc) is 2.89. The molecule has 1 aromatic carbocycles. The molecule has 0 bridgehead atoms. The fourth-order valence-electron chi connectivity index (χ4n) is 3.48. The third-order valence-corrected chi connectivity index (χ3v) is 4.82. The molecule has 3 rings (SSSR count). The molecule has 1 aromatic heterocycles. The van der Waals surface area contributed by atoms with Gasteiger partial charge in [-0.1, -0.05) is 18.2 Å². The lowest BCUT2D eigenvalue weighted by Crippen LogP contribution is -2.35. The van der Waals surface area contributed by atoms with E-state index in [4.69, 9.17) is 15.1 Å². The maximum atomic E-state index is 5.94. The van der Waals surface area contributed by atoms with Gasteiger partial charge in [-0.15, -0.1) is 24.8 Å². The Balaban J connectivity index is 0.00000156. The van der Waals surface area contributed by atoms with Gasteiger partial charge in [0.25, 0.3) is 0 Å². The third kappa shape index (κ3) is 5.45. The molecule has 1 saturated heterocycles. The lowest BCUT2D eigenvalue weighted by atomic mass is 9.95. The van der Waals surface area contributed by atoms with Crippen LogP contribution in [0.3, 0.4) is 0 Å². The first kappa shape index (κ1) is 22.0. The SMILES string of the molecule is Cc1ccccc1-c1nc(CN2CCCC(CCN)C2)c(C)o1.Cl.Cl. The van der Waals surface area contributed by atoms with E-state index in [2.05, 4.69) is 24.0 Å². The minimum atomic E-state index is 0. The second kappa shape index (κ2) is 10.2. The average molecular weight is 386 g/mol. The van der Waals surface area contributed by atoms with Crippen LogP contribution in [0.2, 0.25) is 0 Å². The first-order valence-electron chi connectivity index (χ1n) is 8.62. The Morgan fingerprint density at radius 1 is 1.24 bits per heavy atom. The Morgan fingerprint density at radius 3 is 2.72 bits per heavy atom. The first-order valence-corrected chi connectivity index (χ1v) is 8.62. The van der Waals surface area contributed by atoms with Crippen LogP contribution in [0.4, 0.5) is 0 Å². The summed E-state index contributed by atoms with van der Waals surface area (Å²) in [5, 5.41) is 0. The predicted octanol–water partition coefficient (Wildman–Crippen LogP) is 4.36. The number of likely N-dealkylation sites (tertiary alicyclic amines) is 1. The molecule has 0 radical (unpaired) electrons. The van der Waals surface area contributed by atoms with Crippen LogP contribution < -0.4 is 5.73 Å². The van der Waals surface area contributed by atoms with Gasteiger partial charge < -0.3 is 10.2 Å². The van der Waals surface area contributed by atoms with Gasteiger partial charge in [-0.05, 0) is 63.7 Å². The van der Waals surface area contributed by atoms with Crippen molar-refractivity contribution in [3.63, 3.8) is 0 Å². The standard InChI is InChI=1S/C19H27N3O.2ClH/c1-14-6-3-4-8-17(14)19-21-18(15(2)23-19)13-22-11-5-7-16(12-22)9-10-20;;/h3-4,6,8,16H,5,7,9-13,20H2,1-2H3;2*1H. The summed E-state index contributed by atoms with van der Waals surface area (Å²) in [6.45, 7) is 8.06. The number of hydrogen-bond donors (Lipinski definition) is 1. The first-order chi connectivity index (χ1) is 11.2. The van der Waals surface area contributed by atoms with E-state index in [9.17, 15) is 0 Å². The van der Waals surface area contributed by atoms with Gasteiger partial charge in [-0.25, -0.2) is 4.98 Å². The van der Waals surface area contributed by atoms with Crippen molar-refractivity contribution < 1.29 is 4.42 Å². The predicted molar refractivity (Wildman–Crippen MR) is 108 cm³/mol. The van der Waals surface area contributed by atoms with Crippen molar-refractivity contribution in [2.75, 3.05) is 19.6 Å². The molecule has 2 heterocycles.